The average Bonchev–Trinajstić information content (AvgIpc) is 0.934. The number of phosphoric ester groups is 2. The molecule has 0 aliphatic carbocycles. The van der Waals surface area contributed by atoms with Crippen LogP contribution in [0, 0.1) is 17.8 Å². The molecule has 0 aromatic heterocycles. The predicted molar refractivity (Wildman–Crippen MR) is 400 cm³/mol. The van der Waals surface area contributed by atoms with Gasteiger partial charge in [-0.3, -0.25) is 37.3 Å². The van der Waals surface area contributed by atoms with E-state index in [0.717, 1.165) is 108 Å². The number of hydrogen-bond acceptors (Lipinski definition) is 15. The Labute approximate surface area is 600 Å². The molecule has 0 saturated heterocycles. The molecule has 98 heavy (non-hydrogen) atoms. The molecule has 0 amide bonds. The molecule has 0 aliphatic heterocycles. The van der Waals surface area contributed by atoms with Crippen molar-refractivity contribution in [2.45, 2.75) is 426 Å². The molecule has 0 aromatic rings. The van der Waals surface area contributed by atoms with Gasteiger partial charge in [0.15, 0.2) is 12.2 Å². The highest BCUT2D eigenvalue weighted by molar-refractivity contribution is 7.47. The molecule has 0 fully saturated rings. The van der Waals surface area contributed by atoms with Crippen molar-refractivity contribution in [3.05, 3.63) is 0 Å². The Morgan fingerprint density at radius 1 is 0.296 bits per heavy atom. The highest BCUT2D eigenvalue weighted by atomic mass is 31.2. The molecule has 3 N–H and O–H groups in total. The molecule has 17 nitrogen and oxygen atoms in total. The van der Waals surface area contributed by atoms with Crippen LogP contribution in [0.4, 0.5) is 0 Å². The summed E-state index contributed by atoms with van der Waals surface area (Å²) in [5, 5.41) is 10.6. The first-order chi connectivity index (χ1) is 47.3. The van der Waals surface area contributed by atoms with Crippen LogP contribution in [0.3, 0.4) is 0 Å². The van der Waals surface area contributed by atoms with Crippen molar-refractivity contribution in [3.63, 3.8) is 0 Å². The van der Waals surface area contributed by atoms with Crippen LogP contribution in [0.25, 0.3) is 0 Å². The summed E-state index contributed by atoms with van der Waals surface area (Å²) < 4.78 is 68.7. The molecule has 0 radical (unpaired) electrons. The van der Waals surface area contributed by atoms with E-state index in [-0.39, 0.29) is 25.7 Å². The van der Waals surface area contributed by atoms with E-state index in [2.05, 4.69) is 48.5 Å². The van der Waals surface area contributed by atoms with Crippen molar-refractivity contribution in [1.29, 1.82) is 0 Å². The van der Waals surface area contributed by atoms with Crippen molar-refractivity contribution < 1.29 is 80.2 Å². The van der Waals surface area contributed by atoms with Crippen LogP contribution in [0.15, 0.2) is 0 Å². The van der Waals surface area contributed by atoms with Gasteiger partial charge in [-0.2, -0.15) is 0 Å². The first kappa shape index (κ1) is 96.1. The summed E-state index contributed by atoms with van der Waals surface area (Å²) >= 11 is 0. The fraction of sp³-hybridized carbons (Fsp3) is 0.949. The second-order valence-electron chi connectivity index (χ2n) is 29.4. The summed E-state index contributed by atoms with van der Waals surface area (Å²) in [6.07, 6.45) is 56.8. The van der Waals surface area contributed by atoms with Gasteiger partial charge in [0.25, 0.3) is 0 Å². The van der Waals surface area contributed by atoms with Crippen molar-refractivity contribution in [3.8, 4) is 0 Å². The van der Waals surface area contributed by atoms with E-state index in [1.807, 2.05) is 0 Å². The second kappa shape index (κ2) is 69.4. The number of phosphoric acid groups is 2. The molecule has 0 aromatic carbocycles. The zero-order valence-electron chi connectivity index (χ0n) is 64.3. The summed E-state index contributed by atoms with van der Waals surface area (Å²) in [6, 6.07) is 0. The SMILES string of the molecule is CCCCCCCCCCCCCCCCCCCCCCC(=O)O[C@H](COC(=O)CCCCCCCCCCCCCC(C)C)COP(=O)(O)OC[C@@H](O)COP(=O)(O)OC[C@@H](COC(=O)CCCCCCCCCCC(C)CC)OC(=O)CCCCCCCCCCC(C)CC. The standard InChI is InChI=1S/C79H154O17P2/c1-8-11-12-13-14-15-16-17-18-19-20-21-22-23-24-27-31-41-48-55-62-78(83)95-74(66-89-76(81)60-53-46-39-30-28-25-26-29-36-43-50-57-70(4)5)68-93-97(85,86)91-64-73(80)65-92-98(87,88)94-69-75(96-79(84)63-56-49-42-35-33-38-45-52-59-72(7)10-3)67-90-77(82)61-54-47-40-34-32-37-44-51-58-71(6)9-2/h70-75,80H,8-69H2,1-7H3,(H,85,86)(H,87,88)/t71?,72?,73-,74-,75-/m1/s1. The van der Waals surface area contributed by atoms with Crippen molar-refractivity contribution in [2.24, 2.45) is 17.8 Å². The maximum absolute atomic E-state index is 13.1. The van der Waals surface area contributed by atoms with Gasteiger partial charge in [0.2, 0.25) is 0 Å². The number of aliphatic hydroxyl groups excluding tert-OH is 1. The summed E-state index contributed by atoms with van der Waals surface area (Å²) in [5.41, 5.74) is 0. The van der Waals surface area contributed by atoms with Crippen LogP contribution >= 0.6 is 15.6 Å². The molecular weight excluding hydrogens is 1280 g/mol. The van der Waals surface area contributed by atoms with Gasteiger partial charge in [-0.05, 0) is 43.4 Å². The third kappa shape index (κ3) is 69.8. The Morgan fingerprint density at radius 2 is 0.520 bits per heavy atom. The molecular formula is C79H154O17P2. The number of carbonyl (C=O) groups excluding carboxylic acids is 4. The number of carbonyl (C=O) groups is 4. The van der Waals surface area contributed by atoms with Crippen LogP contribution in [-0.2, 0) is 65.4 Å². The number of esters is 4. The molecule has 4 unspecified atom stereocenters. The van der Waals surface area contributed by atoms with Gasteiger partial charge in [-0.1, -0.05) is 357 Å². The quantitative estimate of drug-likeness (QED) is 0.0222. The molecule has 0 spiro atoms. The predicted octanol–water partition coefficient (Wildman–Crippen LogP) is 23.4. The highest BCUT2D eigenvalue weighted by Gasteiger charge is 2.30. The largest absolute Gasteiger partial charge is 0.472 e. The average molecular weight is 1440 g/mol. The molecule has 0 bridgehead atoms. The molecule has 0 saturated carbocycles. The number of rotatable bonds is 77. The second-order valence-corrected chi connectivity index (χ2v) is 32.3. The minimum Gasteiger partial charge on any atom is -0.462 e. The van der Waals surface area contributed by atoms with Gasteiger partial charge in [-0.15, -0.1) is 0 Å². The van der Waals surface area contributed by atoms with Gasteiger partial charge in [0.05, 0.1) is 26.4 Å². The van der Waals surface area contributed by atoms with Crippen molar-refractivity contribution in [2.75, 3.05) is 39.6 Å². The van der Waals surface area contributed by atoms with Crippen LogP contribution in [-0.4, -0.2) is 96.7 Å². The Kier molecular flexibility index (Phi) is 68.1. The summed E-state index contributed by atoms with van der Waals surface area (Å²) in [7, 11) is -9.92. The zero-order valence-corrected chi connectivity index (χ0v) is 66.0. The van der Waals surface area contributed by atoms with Crippen LogP contribution in [0.1, 0.15) is 408 Å². The van der Waals surface area contributed by atoms with Gasteiger partial charge < -0.3 is 33.8 Å². The summed E-state index contributed by atoms with van der Waals surface area (Å²) in [5.74, 6) is 0.202. The van der Waals surface area contributed by atoms with E-state index in [1.54, 1.807) is 0 Å². The van der Waals surface area contributed by atoms with Crippen molar-refractivity contribution >= 4 is 39.5 Å². The molecule has 0 heterocycles. The lowest BCUT2D eigenvalue weighted by molar-refractivity contribution is -0.161. The Hall–Kier alpha value is -1.94. The van der Waals surface area contributed by atoms with Gasteiger partial charge in [0.1, 0.15) is 19.3 Å². The van der Waals surface area contributed by atoms with Crippen LogP contribution < -0.4 is 0 Å². The number of aliphatic hydroxyl groups is 1. The first-order valence-electron chi connectivity index (χ1n) is 40.9. The molecule has 582 valence electrons. The fourth-order valence-electron chi connectivity index (χ4n) is 12.1. The third-order valence-corrected chi connectivity index (χ3v) is 21.0. The van der Waals surface area contributed by atoms with E-state index >= 15 is 0 Å². The maximum Gasteiger partial charge on any atom is 0.472 e. The number of hydrogen-bond donors (Lipinski definition) is 3. The number of unbranched alkanes of at least 4 members (excludes halogenated alkanes) is 43. The maximum atomic E-state index is 13.1. The highest BCUT2D eigenvalue weighted by Crippen LogP contribution is 2.45. The number of ether oxygens (including phenoxy) is 4. The smallest absolute Gasteiger partial charge is 0.462 e. The van der Waals surface area contributed by atoms with Crippen LogP contribution in [0.2, 0.25) is 0 Å². The molecule has 7 atom stereocenters. The van der Waals surface area contributed by atoms with Gasteiger partial charge >= 0.3 is 39.5 Å². The van der Waals surface area contributed by atoms with Gasteiger partial charge in [0, 0.05) is 25.7 Å². The van der Waals surface area contributed by atoms with E-state index < -0.39 is 97.5 Å². The molecule has 0 rings (SSSR count). The monoisotopic (exact) mass is 1440 g/mol. The third-order valence-electron chi connectivity index (χ3n) is 19.1. The minimum absolute atomic E-state index is 0.105. The van der Waals surface area contributed by atoms with E-state index in [9.17, 15) is 43.2 Å². The van der Waals surface area contributed by atoms with E-state index in [1.165, 1.54) is 218 Å². The summed E-state index contributed by atoms with van der Waals surface area (Å²) in [6.45, 7) is 11.9. The van der Waals surface area contributed by atoms with E-state index in [4.69, 9.17) is 37.0 Å². The molecule has 0 aliphatic rings. The Balaban J connectivity index is 5.24. The Morgan fingerprint density at radius 3 is 0.776 bits per heavy atom. The molecule has 19 heteroatoms. The lowest BCUT2D eigenvalue weighted by Gasteiger charge is -2.21. The van der Waals surface area contributed by atoms with Gasteiger partial charge in [-0.25, -0.2) is 9.13 Å². The fourth-order valence-corrected chi connectivity index (χ4v) is 13.6. The lowest BCUT2D eigenvalue weighted by Crippen LogP contribution is -2.30. The normalized spacial score (nSPS) is 14.6. The Bertz CT molecular complexity index is 1910. The van der Waals surface area contributed by atoms with Crippen LogP contribution in [0.5, 0.6) is 0 Å². The van der Waals surface area contributed by atoms with Crippen molar-refractivity contribution in [1.82, 2.24) is 0 Å². The topological polar surface area (TPSA) is 237 Å². The van der Waals surface area contributed by atoms with E-state index in [0.29, 0.717) is 25.7 Å². The zero-order chi connectivity index (χ0) is 72.3. The lowest BCUT2D eigenvalue weighted by atomic mass is 9.99. The first-order valence-corrected chi connectivity index (χ1v) is 43.9. The summed E-state index contributed by atoms with van der Waals surface area (Å²) in [4.78, 5) is 73.0. The minimum atomic E-state index is -4.96.